The number of carbonyl (C=O) groups is 1. The Morgan fingerprint density at radius 1 is 1.23 bits per heavy atom. The molecule has 2 N–H and O–H groups in total. The summed E-state index contributed by atoms with van der Waals surface area (Å²) in [5, 5.41) is 5.78. The van der Waals surface area contributed by atoms with Gasteiger partial charge in [-0.1, -0.05) is 17.7 Å². The van der Waals surface area contributed by atoms with Crippen molar-refractivity contribution in [1.82, 2.24) is 15.3 Å². The molecule has 1 aliphatic rings. The van der Waals surface area contributed by atoms with E-state index in [-0.39, 0.29) is 17.0 Å². The Bertz CT molecular complexity index is 1070. The summed E-state index contributed by atoms with van der Waals surface area (Å²) < 4.78 is 19.3. The van der Waals surface area contributed by atoms with Gasteiger partial charge in [0.1, 0.15) is 23.5 Å². The molecular formula is C21H19ClFN5O2. The average molecular weight is 428 g/mol. The van der Waals surface area contributed by atoms with Gasteiger partial charge in [0.05, 0.1) is 18.1 Å². The molecule has 0 saturated carbocycles. The molecule has 154 valence electrons. The van der Waals surface area contributed by atoms with Crippen molar-refractivity contribution in [3.8, 4) is 5.75 Å². The number of halogens is 2. The number of anilines is 3. The number of hydrogen-bond donors (Lipinski definition) is 2. The van der Waals surface area contributed by atoms with E-state index in [1.165, 1.54) is 12.1 Å². The summed E-state index contributed by atoms with van der Waals surface area (Å²) in [5.74, 6) is 0.947. The number of carbonyl (C=O) groups excluding carboxylic acids is 1. The standard InChI is InChI=1S/C21H19ClFN5O2/c1-24-20(29)13-3-2-4-14(9-13)26-21-25-8-7-19(27-21)28-11-16(12-28)30-15-5-6-17(22)18(23)10-15/h2-10,16H,11-12H2,1H3,(H,24,29)(H,25,26,27). The van der Waals surface area contributed by atoms with E-state index in [4.69, 9.17) is 16.3 Å². The summed E-state index contributed by atoms with van der Waals surface area (Å²) in [6.45, 7) is 1.24. The van der Waals surface area contributed by atoms with Gasteiger partial charge in [-0.15, -0.1) is 0 Å². The van der Waals surface area contributed by atoms with E-state index in [1.807, 2.05) is 17.0 Å². The second-order valence-electron chi connectivity index (χ2n) is 6.74. The zero-order valence-corrected chi connectivity index (χ0v) is 16.9. The van der Waals surface area contributed by atoms with Gasteiger partial charge < -0.3 is 20.3 Å². The SMILES string of the molecule is CNC(=O)c1cccc(Nc2nccc(N3CC(Oc4ccc(Cl)c(F)c4)C3)n2)c1. The van der Waals surface area contributed by atoms with Crippen molar-refractivity contribution >= 4 is 35.0 Å². The van der Waals surface area contributed by atoms with Crippen LogP contribution >= 0.6 is 11.6 Å². The highest BCUT2D eigenvalue weighted by Gasteiger charge is 2.30. The fourth-order valence-corrected chi connectivity index (χ4v) is 3.16. The highest BCUT2D eigenvalue weighted by Crippen LogP contribution is 2.26. The van der Waals surface area contributed by atoms with Crippen LogP contribution in [0.4, 0.5) is 21.8 Å². The number of aromatic nitrogens is 2. The lowest BCUT2D eigenvalue weighted by molar-refractivity contribution is 0.0963. The normalized spacial score (nSPS) is 13.5. The van der Waals surface area contributed by atoms with E-state index in [0.717, 1.165) is 5.82 Å². The molecule has 0 atom stereocenters. The third-order valence-electron chi connectivity index (χ3n) is 4.61. The first-order valence-electron chi connectivity index (χ1n) is 9.30. The van der Waals surface area contributed by atoms with Crippen molar-refractivity contribution in [3.05, 3.63) is 71.1 Å². The Labute approximate surface area is 177 Å². The molecule has 2 aromatic carbocycles. The Hall–Kier alpha value is -3.39. The smallest absolute Gasteiger partial charge is 0.251 e. The van der Waals surface area contributed by atoms with Crippen molar-refractivity contribution in [2.75, 3.05) is 30.4 Å². The summed E-state index contributed by atoms with van der Waals surface area (Å²) in [7, 11) is 1.59. The Morgan fingerprint density at radius 3 is 2.83 bits per heavy atom. The molecule has 1 aromatic heterocycles. The van der Waals surface area contributed by atoms with Gasteiger partial charge in [0.15, 0.2) is 0 Å². The monoisotopic (exact) mass is 427 g/mol. The fourth-order valence-electron chi connectivity index (χ4n) is 3.04. The molecule has 0 bridgehead atoms. The number of benzene rings is 2. The Morgan fingerprint density at radius 2 is 2.07 bits per heavy atom. The maximum Gasteiger partial charge on any atom is 0.251 e. The Balaban J connectivity index is 1.37. The fraction of sp³-hybridized carbons (Fsp3) is 0.190. The van der Waals surface area contributed by atoms with Crippen LogP contribution in [0.15, 0.2) is 54.7 Å². The lowest BCUT2D eigenvalue weighted by Gasteiger charge is -2.39. The van der Waals surface area contributed by atoms with Crippen LogP contribution in [0.1, 0.15) is 10.4 Å². The van der Waals surface area contributed by atoms with Gasteiger partial charge in [0.2, 0.25) is 5.95 Å². The largest absolute Gasteiger partial charge is 0.487 e. The van der Waals surface area contributed by atoms with E-state index in [0.29, 0.717) is 36.0 Å². The second kappa shape index (κ2) is 8.54. The summed E-state index contributed by atoms with van der Waals surface area (Å²) >= 11 is 5.69. The zero-order valence-electron chi connectivity index (χ0n) is 16.1. The van der Waals surface area contributed by atoms with Gasteiger partial charge >= 0.3 is 0 Å². The quantitative estimate of drug-likeness (QED) is 0.625. The molecule has 0 spiro atoms. The minimum Gasteiger partial charge on any atom is -0.487 e. The molecule has 1 saturated heterocycles. The highest BCUT2D eigenvalue weighted by molar-refractivity contribution is 6.30. The average Bonchev–Trinajstić information content (AvgIpc) is 2.72. The van der Waals surface area contributed by atoms with Gasteiger partial charge in [-0.2, -0.15) is 4.98 Å². The molecule has 9 heteroatoms. The van der Waals surface area contributed by atoms with Crippen molar-refractivity contribution < 1.29 is 13.9 Å². The first kappa shape index (κ1) is 19.9. The maximum absolute atomic E-state index is 13.5. The molecule has 0 unspecified atom stereocenters. The van der Waals surface area contributed by atoms with Crippen LogP contribution in [-0.2, 0) is 0 Å². The van der Waals surface area contributed by atoms with Crippen molar-refractivity contribution in [3.63, 3.8) is 0 Å². The van der Waals surface area contributed by atoms with Gasteiger partial charge in [-0.25, -0.2) is 9.37 Å². The van der Waals surface area contributed by atoms with E-state index in [1.54, 1.807) is 37.5 Å². The lowest BCUT2D eigenvalue weighted by Crippen LogP contribution is -2.54. The summed E-state index contributed by atoms with van der Waals surface area (Å²) in [4.78, 5) is 22.6. The van der Waals surface area contributed by atoms with Crippen LogP contribution in [0.5, 0.6) is 5.75 Å². The van der Waals surface area contributed by atoms with E-state index in [9.17, 15) is 9.18 Å². The van der Waals surface area contributed by atoms with Gasteiger partial charge in [-0.3, -0.25) is 4.79 Å². The molecule has 2 heterocycles. The molecule has 1 fully saturated rings. The number of rotatable bonds is 6. The lowest BCUT2D eigenvalue weighted by atomic mass is 10.1. The van der Waals surface area contributed by atoms with Gasteiger partial charge in [-0.05, 0) is 36.4 Å². The van der Waals surface area contributed by atoms with E-state index < -0.39 is 5.82 Å². The van der Waals surface area contributed by atoms with Crippen molar-refractivity contribution in [1.29, 1.82) is 0 Å². The molecule has 30 heavy (non-hydrogen) atoms. The minimum atomic E-state index is -0.502. The number of hydrogen-bond acceptors (Lipinski definition) is 6. The highest BCUT2D eigenvalue weighted by atomic mass is 35.5. The predicted molar refractivity (Wildman–Crippen MR) is 113 cm³/mol. The molecular weight excluding hydrogens is 409 g/mol. The molecule has 7 nitrogen and oxygen atoms in total. The summed E-state index contributed by atoms with van der Waals surface area (Å²) in [6, 6.07) is 13.3. The number of nitrogens with one attached hydrogen (secondary N) is 2. The van der Waals surface area contributed by atoms with Crippen LogP contribution in [0.2, 0.25) is 5.02 Å². The molecule has 0 aliphatic carbocycles. The second-order valence-corrected chi connectivity index (χ2v) is 7.15. The predicted octanol–water partition coefficient (Wildman–Crippen LogP) is 3.64. The van der Waals surface area contributed by atoms with E-state index in [2.05, 4.69) is 20.6 Å². The topological polar surface area (TPSA) is 79.4 Å². The van der Waals surface area contributed by atoms with Crippen LogP contribution in [0, 0.1) is 5.82 Å². The molecule has 3 aromatic rings. The van der Waals surface area contributed by atoms with Crippen LogP contribution in [0.25, 0.3) is 0 Å². The molecule has 1 amide bonds. The molecule has 1 aliphatic heterocycles. The van der Waals surface area contributed by atoms with Crippen molar-refractivity contribution in [2.45, 2.75) is 6.10 Å². The van der Waals surface area contributed by atoms with Gasteiger partial charge in [0.25, 0.3) is 5.91 Å². The van der Waals surface area contributed by atoms with Gasteiger partial charge in [0, 0.05) is 30.6 Å². The molecule has 0 radical (unpaired) electrons. The molecule has 4 rings (SSSR count). The van der Waals surface area contributed by atoms with Crippen LogP contribution < -0.4 is 20.3 Å². The first-order valence-corrected chi connectivity index (χ1v) is 9.68. The zero-order chi connectivity index (χ0) is 21.1. The Kier molecular flexibility index (Phi) is 5.67. The van der Waals surface area contributed by atoms with Crippen LogP contribution in [-0.4, -0.2) is 42.1 Å². The number of nitrogens with zero attached hydrogens (tertiary/aromatic N) is 3. The maximum atomic E-state index is 13.5. The summed E-state index contributed by atoms with van der Waals surface area (Å²) in [6.07, 6.45) is 1.59. The van der Waals surface area contributed by atoms with Crippen molar-refractivity contribution in [2.24, 2.45) is 0 Å². The third-order valence-corrected chi connectivity index (χ3v) is 4.92. The first-order chi connectivity index (χ1) is 14.5. The third kappa shape index (κ3) is 4.44. The summed E-state index contributed by atoms with van der Waals surface area (Å²) in [5.41, 5.74) is 1.25. The number of ether oxygens (including phenoxy) is 1. The van der Waals surface area contributed by atoms with E-state index >= 15 is 0 Å². The van der Waals surface area contributed by atoms with Crippen LogP contribution in [0.3, 0.4) is 0 Å². The number of amides is 1. The minimum absolute atomic E-state index is 0.0683.